The lowest BCUT2D eigenvalue weighted by molar-refractivity contribution is 0.459. The van der Waals surface area contributed by atoms with E-state index in [0.29, 0.717) is 0 Å². The van der Waals surface area contributed by atoms with Crippen LogP contribution < -0.4 is 10.6 Å². The molecule has 0 saturated heterocycles. The number of rotatable bonds is 3. The van der Waals surface area contributed by atoms with Crippen LogP contribution in [-0.4, -0.2) is 17.0 Å². The van der Waals surface area contributed by atoms with Gasteiger partial charge in [-0.15, -0.1) is 0 Å². The molecule has 1 aromatic heterocycles. The standard InChI is InChI=1S/C11H7BrF4N4/c1-17-11-18-3-4(12)10(20-11)19-9-7(15)5(13)2-6(14)8(9)16/h2-3H,1H3,(H2,17,18,19,20). The Bertz CT molecular complexity index is 639. The Hall–Kier alpha value is -1.90. The van der Waals surface area contributed by atoms with E-state index in [9.17, 15) is 17.6 Å². The first kappa shape index (κ1) is 14.5. The van der Waals surface area contributed by atoms with Crippen molar-refractivity contribution in [1.82, 2.24) is 9.97 Å². The Morgan fingerprint density at radius 3 is 2.25 bits per heavy atom. The van der Waals surface area contributed by atoms with Gasteiger partial charge in [0.05, 0.1) is 4.47 Å². The van der Waals surface area contributed by atoms with Crippen LogP contribution in [0.3, 0.4) is 0 Å². The molecule has 0 aliphatic rings. The van der Waals surface area contributed by atoms with E-state index in [1.54, 1.807) is 0 Å². The smallest absolute Gasteiger partial charge is 0.224 e. The molecule has 0 bridgehead atoms. The van der Waals surface area contributed by atoms with Gasteiger partial charge in [0.1, 0.15) is 5.69 Å². The van der Waals surface area contributed by atoms with E-state index in [4.69, 9.17) is 0 Å². The maximum Gasteiger partial charge on any atom is 0.224 e. The quantitative estimate of drug-likeness (QED) is 0.656. The second-order valence-corrected chi connectivity index (χ2v) is 4.46. The molecule has 0 fully saturated rings. The molecule has 20 heavy (non-hydrogen) atoms. The first-order valence-electron chi connectivity index (χ1n) is 5.24. The van der Waals surface area contributed by atoms with Crippen LogP contribution in [0, 0.1) is 23.3 Å². The summed E-state index contributed by atoms with van der Waals surface area (Å²) in [5, 5.41) is 4.81. The van der Waals surface area contributed by atoms with E-state index in [1.165, 1.54) is 13.2 Å². The summed E-state index contributed by atoms with van der Waals surface area (Å²) in [6, 6.07) is 0.129. The lowest BCUT2D eigenvalue weighted by atomic mass is 10.2. The molecule has 0 aliphatic heterocycles. The highest BCUT2D eigenvalue weighted by atomic mass is 79.9. The third kappa shape index (κ3) is 2.67. The molecule has 2 N–H and O–H groups in total. The number of nitrogens with one attached hydrogen (secondary N) is 2. The summed E-state index contributed by atoms with van der Waals surface area (Å²) in [6.45, 7) is 0. The van der Waals surface area contributed by atoms with E-state index in [-0.39, 0.29) is 22.3 Å². The Morgan fingerprint density at radius 2 is 1.70 bits per heavy atom. The van der Waals surface area contributed by atoms with Crippen LogP contribution in [0.25, 0.3) is 0 Å². The van der Waals surface area contributed by atoms with E-state index in [2.05, 4.69) is 36.5 Å². The number of hydrogen-bond donors (Lipinski definition) is 2. The molecule has 0 radical (unpaired) electrons. The zero-order valence-electron chi connectivity index (χ0n) is 9.94. The van der Waals surface area contributed by atoms with Gasteiger partial charge < -0.3 is 10.6 Å². The van der Waals surface area contributed by atoms with Crippen LogP contribution >= 0.6 is 15.9 Å². The highest BCUT2D eigenvalue weighted by Gasteiger charge is 2.20. The van der Waals surface area contributed by atoms with Gasteiger partial charge in [-0.25, -0.2) is 22.5 Å². The lowest BCUT2D eigenvalue weighted by Gasteiger charge is -2.11. The third-order valence-electron chi connectivity index (χ3n) is 2.32. The van der Waals surface area contributed by atoms with Crippen LogP contribution in [0.2, 0.25) is 0 Å². The second-order valence-electron chi connectivity index (χ2n) is 3.61. The summed E-state index contributed by atoms with van der Waals surface area (Å²) in [5.41, 5.74) is -0.969. The average Bonchev–Trinajstić information content (AvgIpc) is 2.43. The number of anilines is 3. The maximum absolute atomic E-state index is 13.5. The first-order valence-corrected chi connectivity index (χ1v) is 6.03. The van der Waals surface area contributed by atoms with E-state index >= 15 is 0 Å². The molecule has 9 heteroatoms. The summed E-state index contributed by atoms with van der Waals surface area (Å²) in [7, 11) is 1.54. The molecule has 1 aromatic carbocycles. The predicted octanol–water partition coefficient (Wildman–Crippen LogP) is 3.58. The van der Waals surface area contributed by atoms with Crippen LogP contribution in [0.5, 0.6) is 0 Å². The molecule has 0 aliphatic carbocycles. The highest BCUT2D eigenvalue weighted by Crippen LogP contribution is 2.30. The molecular formula is C11H7BrF4N4. The predicted molar refractivity (Wildman–Crippen MR) is 68.8 cm³/mol. The molecule has 1 heterocycles. The highest BCUT2D eigenvalue weighted by molar-refractivity contribution is 9.10. The Kier molecular flexibility index (Phi) is 4.07. The fourth-order valence-electron chi connectivity index (χ4n) is 1.38. The third-order valence-corrected chi connectivity index (χ3v) is 2.90. The zero-order valence-corrected chi connectivity index (χ0v) is 11.5. The average molecular weight is 351 g/mol. The van der Waals surface area contributed by atoms with Crippen molar-refractivity contribution in [1.29, 1.82) is 0 Å². The largest absolute Gasteiger partial charge is 0.357 e. The minimum Gasteiger partial charge on any atom is -0.357 e. The van der Waals surface area contributed by atoms with Gasteiger partial charge in [0.15, 0.2) is 29.1 Å². The second kappa shape index (κ2) is 5.61. The topological polar surface area (TPSA) is 49.8 Å². The van der Waals surface area contributed by atoms with Gasteiger partial charge in [0.2, 0.25) is 5.95 Å². The van der Waals surface area contributed by atoms with Crippen molar-refractivity contribution in [2.24, 2.45) is 0 Å². The van der Waals surface area contributed by atoms with Crippen molar-refractivity contribution in [3.05, 3.63) is 40.0 Å². The first-order chi connectivity index (χ1) is 9.43. The van der Waals surface area contributed by atoms with Gasteiger partial charge in [0.25, 0.3) is 0 Å². The van der Waals surface area contributed by atoms with Crippen molar-refractivity contribution in [3.63, 3.8) is 0 Å². The summed E-state index contributed by atoms with van der Waals surface area (Å²) < 4.78 is 53.5. The summed E-state index contributed by atoms with van der Waals surface area (Å²) in [4.78, 5) is 7.70. The number of nitrogens with zero attached hydrogens (tertiary/aromatic N) is 2. The molecule has 0 unspecified atom stereocenters. The Labute approximate surface area is 119 Å². The maximum atomic E-state index is 13.5. The molecule has 4 nitrogen and oxygen atoms in total. The number of benzene rings is 1. The molecule has 0 saturated carbocycles. The molecule has 106 valence electrons. The van der Waals surface area contributed by atoms with Gasteiger partial charge in [-0.3, -0.25) is 0 Å². The Morgan fingerprint density at radius 1 is 1.10 bits per heavy atom. The fraction of sp³-hybridized carbons (Fsp3) is 0.0909. The van der Waals surface area contributed by atoms with Gasteiger partial charge in [-0.2, -0.15) is 4.98 Å². The molecular weight excluding hydrogens is 344 g/mol. The van der Waals surface area contributed by atoms with Crippen molar-refractivity contribution in [3.8, 4) is 0 Å². The summed E-state index contributed by atoms with van der Waals surface area (Å²) in [5.74, 6) is -5.99. The number of halogens is 5. The van der Waals surface area contributed by atoms with Gasteiger partial charge in [0, 0.05) is 19.3 Å². The van der Waals surface area contributed by atoms with Crippen LogP contribution in [0.15, 0.2) is 16.7 Å². The normalized spacial score (nSPS) is 10.5. The van der Waals surface area contributed by atoms with E-state index in [1.807, 2.05) is 0 Å². The van der Waals surface area contributed by atoms with Crippen LogP contribution in [0.4, 0.5) is 35.0 Å². The van der Waals surface area contributed by atoms with Crippen molar-refractivity contribution in [2.75, 3.05) is 17.7 Å². The van der Waals surface area contributed by atoms with Crippen molar-refractivity contribution >= 4 is 33.4 Å². The number of aromatic nitrogens is 2. The van der Waals surface area contributed by atoms with Crippen molar-refractivity contribution < 1.29 is 17.6 Å². The minimum absolute atomic E-state index is 0.0489. The Balaban J connectivity index is 2.50. The molecule has 2 rings (SSSR count). The zero-order chi connectivity index (χ0) is 14.9. The van der Waals surface area contributed by atoms with E-state index in [0.717, 1.165) is 0 Å². The SMILES string of the molecule is CNc1ncc(Br)c(Nc2c(F)c(F)cc(F)c2F)n1. The van der Waals surface area contributed by atoms with E-state index < -0.39 is 29.0 Å². The fourth-order valence-corrected chi connectivity index (χ4v) is 1.67. The van der Waals surface area contributed by atoms with Gasteiger partial charge >= 0.3 is 0 Å². The molecule has 2 aromatic rings. The lowest BCUT2D eigenvalue weighted by Crippen LogP contribution is -2.06. The summed E-state index contributed by atoms with van der Waals surface area (Å²) >= 11 is 3.06. The monoisotopic (exact) mass is 350 g/mol. The molecule has 0 atom stereocenters. The van der Waals surface area contributed by atoms with Crippen LogP contribution in [0.1, 0.15) is 0 Å². The van der Waals surface area contributed by atoms with Crippen LogP contribution in [-0.2, 0) is 0 Å². The van der Waals surface area contributed by atoms with Gasteiger partial charge in [-0.05, 0) is 15.9 Å². The molecule has 0 spiro atoms. The van der Waals surface area contributed by atoms with Crippen molar-refractivity contribution in [2.45, 2.75) is 0 Å². The van der Waals surface area contributed by atoms with Gasteiger partial charge in [-0.1, -0.05) is 0 Å². The summed E-state index contributed by atoms with van der Waals surface area (Å²) in [6.07, 6.45) is 1.31. The number of hydrogen-bond acceptors (Lipinski definition) is 4. The molecule has 0 amide bonds. The minimum atomic E-state index is -1.54.